The van der Waals surface area contributed by atoms with Crippen LogP contribution in [0.4, 0.5) is 10.2 Å². The summed E-state index contributed by atoms with van der Waals surface area (Å²) < 4.78 is 28.4. The zero-order valence-electron chi connectivity index (χ0n) is 21.0. The fourth-order valence-corrected chi connectivity index (χ4v) is 6.66. The highest BCUT2D eigenvalue weighted by atomic mass is 19.1. The number of hydrogen-bond donors (Lipinski definition) is 3. The van der Waals surface area contributed by atoms with E-state index in [1.165, 1.54) is 10.6 Å². The summed E-state index contributed by atoms with van der Waals surface area (Å²) in [6, 6.07) is 4.86. The number of aromatic nitrogens is 3. The number of ether oxygens (including phenoxy) is 2. The molecule has 0 radical (unpaired) electrons. The van der Waals surface area contributed by atoms with Crippen molar-refractivity contribution in [1.29, 1.82) is 0 Å². The molecule has 3 aromatic rings. The maximum Gasteiger partial charge on any atom is 0.263 e. The maximum absolute atomic E-state index is 15.0. The van der Waals surface area contributed by atoms with Gasteiger partial charge in [0, 0.05) is 30.1 Å². The number of nitrogens with zero attached hydrogens (tertiary/aromatic N) is 3. The molecule has 0 unspecified atom stereocenters. The molecule has 1 amide bonds. The quantitative estimate of drug-likeness (QED) is 0.466. The summed E-state index contributed by atoms with van der Waals surface area (Å²) in [6.07, 6.45) is 4.38. The normalized spacial score (nSPS) is 29.3. The van der Waals surface area contributed by atoms with Crippen molar-refractivity contribution in [2.75, 3.05) is 18.5 Å². The average Bonchev–Trinajstić information content (AvgIpc) is 3.22. The molecule has 3 N–H and O–H groups in total. The van der Waals surface area contributed by atoms with E-state index in [1.54, 1.807) is 6.07 Å². The largest absolute Gasteiger partial charge is 0.480 e. The zero-order chi connectivity index (χ0) is 26.3. The number of anilines is 1. The molecule has 8 rings (SSSR count). The lowest BCUT2D eigenvalue weighted by Gasteiger charge is -2.55. The third-order valence-electron chi connectivity index (χ3n) is 8.76. The van der Waals surface area contributed by atoms with Gasteiger partial charge in [0.1, 0.15) is 11.4 Å². The molecular weight excluding hydrogens is 493 g/mol. The van der Waals surface area contributed by atoms with Gasteiger partial charge >= 0.3 is 0 Å². The number of aryl methyl sites for hydroxylation is 1. The smallest absolute Gasteiger partial charge is 0.263 e. The van der Waals surface area contributed by atoms with Crippen molar-refractivity contribution in [3.05, 3.63) is 57.4 Å². The van der Waals surface area contributed by atoms with E-state index in [0.717, 1.165) is 30.3 Å². The number of aliphatic hydroxyl groups is 1. The van der Waals surface area contributed by atoms with Gasteiger partial charge < -0.3 is 29.8 Å². The molecule has 4 aliphatic heterocycles. The average molecular weight is 522 g/mol. The fraction of sp³-hybridized carbons (Fsp3) is 0.481. The monoisotopic (exact) mass is 521 g/mol. The second kappa shape index (κ2) is 8.05. The lowest BCUT2D eigenvalue weighted by atomic mass is 9.67. The number of carbonyl (C=O) groups excluding carboxylic acids is 1. The van der Waals surface area contributed by atoms with Crippen LogP contribution in [0, 0.1) is 12.7 Å². The van der Waals surface area contributed by atoms with Gasteiger partial charge in [0.15, 0.2) is 18.2 Å². The summed E-state index contributed by atoms with van der Waals surface area (Å²) in [4.78, 5) is 32.9. The Morgan fingerprint density at radius 3 is 2.82 bits per heavy atom. The number of hydrogen-bond acceptors (Lipinski definition) is 8. The van der Waals surface area contributed by atoms with E-state index < -0.39 is 17.0 Å². The molecule has 7 heterocycles. The Labute approximate surface area is 217 Å². The Bertz CT molecular complexity index is 1550. The number of nitrogens with one attached hydrogen (secondary N) is 2. The first-order valence-corrected chi connectivity index (χ1v) is 12.9. The van der Waals surface area contributed by atoms with E-state index in [0.29, 0.717) is 48.6 Å². The molecule has 0 aromatic carbocycles. The SMILES string of the molecule is Cc1cc2c(nc1CNC13CCC(C[C@]4(O)Cn5c(=O)ccc6ncc(F)c4c65)(CC1)OC3)NC(=O)CO2. The van der Waals surface area contributed by atoms with Crippen molar-refractivity contribution in [2.24, 2.45) is 0 Å². The van der Waals surface area contributed by atoms with E-state index >= 15 is 4.39 Å². The third kappa shape index (κ3) is 3.56. The van der Waals surface area contributed by atoms with E-state index in [9.17, 15) is 14.7 Å². The van der Waals surface area contributed by atoms with Crippen molar-refractivity contribution in [2.45, 2.75) is 68.9 Å². The van der Waals surface area contributed by atoms with Crippen LogP contribution in [-0.4, -0.2) is 49.9 Å². The van der Waals surface area contributed by atoms with Gasteiger partial charge in [-0.1, -0.05) is 0 Å². The molecule has 1 saturated carbocycles. The Balaban J connectivity index is 1.08. The molecule has 3 aromatic heterocycles. The first-order valence-electron chi connectivity index (χ1n) is 12.9. The van der Waals surface area contributed by atoms with Crippen LogP contribution in [0.5, 0.6) is 5.75 Å². The minimum absolute atomic E-state index is 0.00938. The van der Waals surface area contributed by atoms with Crippen molar-refractivity contribution < 1.29 is 23.8 Å². The number of amides is 1. The van der Waals surface area contributed by atoms with Gasteiger partial charge in [0.05, 0.1) is 41.7 Å². The summed E-state index contributed by atoms with van der Waals surface area (Å²) in [5, 5.41) is 18.2. The van der Waals surface area contributed by atoms with Crippen molar-refractivity contribution in [3.8, 4) is 5.75 Å². The molecule has 1 aliphatic carbocycles. The molecule has 10 nitrogen and oxygen atoms in total. The van der Waals surface area contributed by atoms with Gasteiger partial charge in [0.25, 0.3) is 11.5 Å². The highest BCUT2D eigenvalue weighted by Gasteiger charge is 2.55. The van der Waals surface area contributed by atoms with E-state index in [-0.39, 0.29) is 42.1 Å². The number of pyridine rings is 3. The molecule has 3 fully saturated rings. The Morgan fingerprint density at radius 2 is 2.05 bits per heavy atom. The first-order chi connectivity index (χ1) is 18.2. The van der Waals surface area contributed by atoms with Gasteiger partial charge in [-0.15, -0.1) is 0 Å². The number of fused-ring (bicyclic) bond motifs is 4. The van der Waals surface area contributed by atoms with Crippen LogP contribution in [0.1, 0.15) is 48.9 Å². The molecule has 1 atom stereocenters. The van der Waals surface area contributed by atoms with E-state index in [2.05, 4.69) is 20.6 Å². The molecule has 5 aliphatic rings. The highest BCUT2D eigenvalue weighted by molar-refractivity contribution is 5.94. The van der Waals surface area contributed by atoms with E-state index in [1.807, 2.05) is 13.0 Å². The molecule has 198 valence electrons. The van der Waals surface area contributed by atoms with Crippen LogP contribution in [-0.2, 0) is 28.2 Å². The van der Waals surface area contributed by atoms with Crippen molar-refractivity contribution in [1.82, 2.24) is 19.9 Å². The standard InChI is InChI=1S/C27H28FN5O5/c1-15-8-19-24(32-20(34)11-37-19)31-18(15)10-30-25-4-6-26(7-5-25,38-14-25)12-27(36)13-33-21(35)3-2-17-23(33)22(27)16(28)9-29-17/h2-3,8-9,30,36H,4-7,10-14H2,1H3,(H,31,32,34)/t25?,26?,27-/m0/s1. The van der Waals surface area contributed by atoms with Crippen molar-refractivity contribution >= 4 is 22.8 Å². The second-order valence-corrected chi connectivity index (χ2v) is 11.2. The van der Waals surface area contributed by atoms with Crippen LogP contribution in [0.2, 0.25) is 0 Å². The third-order valence-corrected chi connectivity index (χ3v) is 8.76. The predicted molar refractivity (Wildman–Crippen MR) is 134 cm³/mol. The van der Waals surface area contributed by atoms with Crippen LogP contribution in [0.15, 0.2) is 29.2 Å². The molecule has 2 bridgehead atoms. The Hall–Kier alpha value is -3.41. The molecule has 2 saturated heterocycles. The maximum atomic E-state index is 15.0. The molecular formula is C27H28FN5O5. The lowest BCUT2D eigenvalue weighted by molar-refractivity contribution is -0.192. The molecule has 0 spiro atoms. The van der Waals surface area contributed by atoms with Gasteiger partial charge in [-0.2, -0.15) is 0 Å². The van der Waals surface area contributed by atoms with Gasteiger partial charge in [-0.25, -0.2) is 9.37 Å². The number of halogens is 1. The summed E-state index contributed by atoms with van der Waals surface area (Å²) in [7, 11) is 0. The summed E-state index contributed by atoms with van der Waals surface area (Å²) in [5.74, 6) is 0.181. The van der Waals surface area contributed by atoms with Gasteiger partial charge in [-0.3, -0.25) is 14.6 Å². The topological polar surface area (TPSA) is 128 Å². The van der Waals surface area contributed by atoms with E-state index in [4.69, 9.17) is 9.47 Å². The lowest BCUT2D eigenvalue weighted by Crippen LogP contribution is -2.62. The van der Waals surface area contributed by atoms with Crippen LogP contribution >= 0.6 is 0 Å². The van der Waals surface area contributed by atoms with Crippen LogP contribution in [0.25, 0.3) is 11.0 Å². The minimum Gasteiger partial charge on any atom is -0.480 e. The fourth-order valence-electron chi connectivity index (χ4n) is 6.66. The second-order valence-electron chi connectivity index (χ2n) is 11.2. The van der Waals surface area contributed by atoms with Crippen LogP contribution < -0.4 is 20.9 Å². The molecule has 38 heavy (non-hydrogen) atoms. The zero-order valence-corrected chi connectivity index (χ0v) is 21.0. The summed E-state index contributed by atoms with van der Waals surface area (Å²) in [5.41, 5.74) is 0.113. The molecule has 11 heteroatoms. The predicted octanol–water partition coefficient (Wildman–Crippen LogP) is 2.03. The number of rotatable bonds is 5. The summed E-state index contributed by atoms with van der Waals surface area (Å²) >= 11 is 0. The van der Waals surface area contributed by atoms with Gasteiger partial charge in [-0.05, 0) is 50.3 Å². The highest BCUT2D eigenvalue weighted by Crippen LogP contribution is 2.51. The Morgan fingerprint density at radius 1 is 1.24 bits per heavy atom. The number of carbonyl (C=O) groups is 1. The Kier molecular flexibility index (Phi) is 5.02. The minimum atomic E-state index is -1.56. The summed E-state index contributed by atoms with van der Waals surface area (Å²) in [6.45, 7) is 2.90. The van der Waals surface area contributed by atoms with Gasteiger partial charge in [0.2, 0.25) is 0 Å². The van der Waals surface area contributed by atoms with Crippen LogP contribution in [0.3, 0.4) is 0 Å². The van der Waals surface area contributed by atoms with Crippen molar-refractivity contribution in [3.63, 3.8) is 0 Å². The first kappa shape index (κ1) is 23.7.